The second-order valence-electron chi connectivity index (χ2n) is 12.1. The van der Waals surface area contributed by atoms with Crippen molar-refractivity contribution in [2.24, 2.45) is 0 Å². The van der Waals surface area contributed by atoms with Crippen molar-refractivity contribution in [3.05, 3.63) is 65.7 Å². The molecule has 2 rings (SSSR count). The van der Waals surface area contributed by atoms with E-state index in [1.165, 1.54) is 88.2 Å². The van der Waals surface area contributed by atoms with Gasteiger partial charge in [-0.25, -0.2) is 0 Å². The Morgan fingerprint density at radius 3 is 1.93 bits per heavy atom. The molecule has 0 heterocycles. The van der Waals surface area contributed by atoms with Gasteiger partial charge in [0, 0.05) is 12.0 Å². The van der Waals surface area contributed by atoms with Crippen LogP contribution in [0, 0.1) is 0 Å². The smallest absolute Gasteiger partial charge is 0.314 e. The van der Waals surface area contributed by atoms with E-state index in [0.29, 0.717) is 12.8 Å². The number of aryl methyl sites for hydroxylation is 1. The molecule has 0 aliphatic heterocycles. The van der Waals surface area contributed by atoms with Gasteiger partial charge in [-0.05, 0) is 30.9 Å². The highest BCUT2D eigenvalue weighted by molar-refractivity contribution is 5.69. The molecule has 0 bridgehead atoms. The summed E-state index contributed by atoms with van der Waals surface area (Å²) in [5.74, 6) is 0.674. The fourth-order valence-corrected chi connectivity index (χ4v) is 5.26. The molecular formula is C36H58NO3+. The summed E-state index contributed by atoms with van der Waals surface area (Å²) < 4.78 is 12.9. The number of carbonyl (C=O) groups excluding carboxylic acids is 1. The number of carbonyl (C=O) groups is 1. The lowest BCUT2D eigenvalue weighted by Gasteiger charge is -2.30. The Morgan fingerprint density at radius 1 is 0.725 bits per heavy atom. The Labute approximate surface area is 246 Å². The summed E-state index contributed by atoms with van der Waals surface area (Å²) in [5, 5.41) is 0. The van der Waals surface area contributed by atoms with Crippen LogP contribution in [0.15, 0.2) is 54.6 Å². The highest BCUT2D eigenvalue weighted by Gasteiger charge is 2.22. The van der Waals surface area contributed by atoms with Gasteiger partial charge in [0.2, 0.25) is 6.29 Å². The van der Waals surface area contributed by atoms with Crippen molar-refractivity contribution < 1.29 is 18.8 Å². The number of ether oxygens (including phenoxy) is 2. The maximum Gasteiger partial charge on any atom is 0.314 e. The molecule has 40 heavy (non-hydrogen) atoms. The fraction of sp³-hybridized carbons (Fsp3) is 0.639. The van der Waals surface area contributed by atoms with Crippen LogP contribution in [0.1, 0.15) is 121 Å². The molecule has 0 fully saturated rings. The van der Waals surface area contributed by atoms with Gasteiger partial charge in [0.05, 0.1) is 27.1 Å². The maximum atomic E-state index is 12.8. The van der Waals surface area contributed by atoms with Crippen molar-refractivity contribution in [2.75, 3.05) is 20.6 Å². The molecule has 0 aliphatic carbocycles. The summed E-state index contributed by atoms with van der Waals surface area (Å²) in [4.78, 5) is 12.8. The van der Waals surface area contributed by atoms with E-state index in [9.17, 15) is 4.79 Å². The van der Waals surface area contributed by atoms with Crippen LogP contribution in [0.4, 0.5) is 0 Å². The minimum Gasteiger partial charge on any atom is -0.455 e. The first-order valence-corrected chi connectivity index (χ1v) is 16.2. The number of para-hydroxylation sites is 1. The number of rotatable bonds is 23. The van der Waals surface area contributed by atoms with E-state index in [1.807, 2.05) is 18.2 Å². The lowest BCUT2D eigenvalue weighted by molar-refractivity contribution is -0.903. The van der Waals surface area contributed by atoms with E-state index >= 15 is 0 Å². The Hall–Kier alpha value is -2.33. The van der Waals surface area contributed by atoms with Crippen molar-refractivity contribution in [3.63, 3.8) is 0 Å². The molecule has 1 unspecified atom stereocenters. The van der Waals surface area contributed by atoms with Crippen molar-refractivity contribution in [2.45, 2.75) is 129 Å². The molecule has 0 N–H and O–H groups in total. The van der Waals surface area contributed by atoms with E-state index in [0.717, 1.165) is 36.2 Å². The molecule has 0 aliphatic rings. The summed E-state index contributed by atoms with van der Waals surface area (Å²) in [6.07, 6.45) is 18.7. The first-order valence-electron chi connectivity index (χ1n) is 16.2. The number of hydrogen-bond donors (Lipinski definition) is 0. The third-order valence-electron chi connectivity index (χ3n) is 7.69. The van der Waals surface area contributed by atoms with Gasteiger partial charge in [-0.1, -0.05) is 133 Å². The van der Waals surface area contributed by atoms with Crippen molar-refractivity contribution >= 4 is 5.97 Å². The van der Waals surface area contributed by atoms with Gasteiger partial charge in [-0.3, -0.25) is 4.79 Å². The Bertz CT molecular complexity index is 911. The van der Waals surface area contributed by atoms with Gasteiger partial charge in [0.25, 0.3) is 0 Å². The van der Waals surface area contributed by atoms with Crippen LogP contribution in [0.3, 0.4) is 0 Å². The number of quaternary nitrogens is 1. The average Bonchev–Trinajstić information content (AvgIpc) is 2.94. The first kappa shape index (κ1) is 33.9. The summed E-state index contributed by atoms with van der Waals surface area (Å²) in [6, 6.07) is 18.7. The van der Waals surface area contributed by atoms with Gasteiger partial charge >= 0.3 is 5.97 Å². The molecule has 4 heteroatoms. The summed E-state index contributed by atoms with van der Waals surface area (Å²) in [6.45, 7) is 5.99. The molecule has 0 radical (unpaired) electrons. The predicted molar refractivity (Wildman–Crippen MR) is 168 cm³/mol. The standard InChI is InChI=1S/C36H58NO3/c1-5-7-8-9-10-11-12-13-14-15-16-20-26-33-27-21-22-28-34(33)39-36(23-6-2)40-35(38)29-30-37(3,4)31-32-24-18-17-19-25-32/h17-19,21-22,24-25,27-28,36H,5-16,20,23,26,29-31H2,1-4H3/q+1. The van der Waals surface area contributed by atoms with E-state index in [1.54, 1.807) is 0 Å². The molecule has 224 valence electrons. The third kappa shape index (κ3) is 15.5. The van der Waals surface area contributed by atoms with Gasteiger partial charge in [-0.15, -0.1) is 0 Å². The van der Waals surface area contributed by atoms with Crippen LogP contribution in [-0.2, 0) is 22.5 Å². The van der Waals surface area contributed by atoms with Gasteiger partial charge in [0.1, 0.15) is 12.3 Å². The maximum absolute atomic E-state index is 12.8. The van der Waals surface area contributed by atoms with Crippen molar-refractivity contribution in [3.8, 4) is 5.75 Å². The molecule has 0 saturated carbocycles. The normalized spacial score (nSPS) is 12.3. The molecule has 0 saturated heterocycles. The SMILES string of the molecule is CCCCCCCCCCCCCCc1ccccc1OC(CCC)OC(=O)CC[N+](C)(C)Cc1ccccc1. The van der Waals surface area contributed by atoms with Gasteiger partial charge in [0.15, 0.2) is 0 Å². The summed E-state index contributed by atoms with van der Waals surface area (Å²) >= 11 is 0. The van der Waals surface area contributed by atoms with E-state index in [4.69, 9.17) is 9.47 Å². The summed E-state index contributed by atoms with van der Waals surface area (Å²) in [7, 11) is 4.32. The topological polar surface area (TPSA) is 35.5 Å². The van der Waals surface area contributed by atoms with E-state index in [2.05, 4.69) is 64.3 Å². The molecule has 2 aromatic rings. The van der Waals surface area contributed by atoms with Gasteiger partial charge in [-0.2, -0.15) is 0 Å². The van der Waals surface area contributed by atoms with E-state index < -0.39 is 6.29 Å². The number of unbranched alkanes of at least 4 members (excludes halogenated alkanes) is 11. The van der Waals surface area contributed by atoms with Crippen molar-refractivity contribution in [1.29, 1.82) is 0 Å². The Balaban J connectivity index is 1.71. The Morgan fingerprint density at radius 2 is 1.30 bits per heavy atom. The van der Waals surface area contributed by atoms with Crippen LogP contribution in [-0.4, -0.2) is 37.4 Å². The zero-order chi connectivity index (χ0) is 28.9. The van der Waals surface area contributed by atoms with Crippen molar-refractivity contribution in [1.82, 2.24) is 0 Å². The third-order valence-corrected chi connectivity index (χ3v) is 7.69. The van der Waals surface area contributed by atoms with E-state index in [-0.39, 0.29) is 5.97 Å². The second kappa shape index (κ2) is 20.5. The minimum absolute atomic E-state index is 0.184. The van der Waals surface area contributed by atoms with Crippen LogP contribution >= 0.6 is 0 Å². The molecule has 4 nitrogen and oxygen atoms in total. The largest absolute Gasteiger partial charge is 0.455 e. The lowest BCUT2D eigenvalue weighted by Crippen LogP contribution is -2.41. The van der Waals surface area contributed by atoms with Crippen LogP contribution in [0.5, 0.6) is 5.75 Å². The number of hydrogen-bond acceptors (Lipinski definition) is 3. The molecule has 0 aromatic heterocycles. The highest BCUT2D eigenvalue weighted by Crippen LogP contribution is 2.24. The number of nitrogens with zero attached hydrogens (tertiary/aromatic N) is 1. The average molecular weight is 553 g/mol. The lowest BCUT2D eigenvalue weighted by atomic mass is 10.0. The molecule has 1 atom stereocenters. The highest BCUT2D eigenvalue weighted by atomic mass is 16.7. The van der Waals surface area contributed by atoms with Crippen LogP contribution in [0.2, 0.25) is 0 Å². The number of benzene rings is 2. The fourth-order valence-electron chi connectivity index (χ4n) is 5.26. The quantitative estimate of drug-likeness (QED) is 0.0596. The zero-order valence-corrected chi connectivity index (χ0v) is 26.2. The Kier molecular flexibility index (Phi) is 17.4. The number of esters is 1. The predicted octanol–water partition coefficient (Wildman–Crippen LogP) is 9.65. The minimum atomic E-state index is -0.537. The molecule has 0 spiro atoms. The molecule has 2 aromatic carbocycles. The molecular weight excluding hydrogens is 494 g/mol. The van der Waals surface area contributed by atoms with Crippen LogP contribution in [0.25, 0.3) is 0 Å². The zero-order valence-electron chi connectivity index (χ0n) is 26.2. The van der Waals surface area contributed by atoms with Gasteiger partial charge < -0.3 is 14.0 Å². The summed E-state index contributed by atoms with van der Waals surface area (Å²) in [5.41, 5.74) is 2.49. The second-order valence-corrected chi connectivity index (χ2v) is 12.1. The van der Waals surface area contributed by atoms with Crippen LogP contribution < -0.4 is 4.74 Å². The first-order chi connectivity index (χ1) is 19.4. The monoisotopic (exact) mass is 552 g/mol. The molecule has 0 amide bonds.